The summed E-state index contributed by atoms with van der Waals surface area (Å²) in [5.74, 6) is 0. The summed E-state index contributed by atoms with van der Waals surface area (Å²) in [7, 11) is 0.612. The Balaban J connectivity index is 1.95. The van der Waals surface area contributed by atoms with Crippen LogP contribution in [0.2, 0.25) is 0 Å². The maximum absolute atomic E-state index is 12.6. The van der Waals surface area contributed by atoms with Crippen LogP contribution in [0.1, 0.15) is 17.5 Å². The van der Waals surface area contributed by atoms with Crippen molar-refractivity contribution in [1.82, 2.24) is 4.90 Å². The van der Waals surface area contributed by atoms with Gasteiger partial charge in [-0.1, -0.05) is 34.1 Å². The van der Waals surface area contributed by atoms with Crippen LogP contribution in [-0.2, 0) is 22.9 Å². The van der Waals surface area contributed by atoms with Gasteiger partial charge in [-0.15, -0.1) is 0 Å². The van der Waals surface area contributed by atoms with E-state index in [1.807, 2.05) is 18.2 Å². The highest BCUT2D eigenvalue weighted by molar-refractivity contribution is 9.10. The summed E-state index contributed by atoms with van der Waals surface area (Å²) >= 11 is 3.62. The van der Waals surface area contributed by atoms with Crippen molar-refractivity contribution in [2.24, 2.45) is 0 Å². The molecule has 0 saturated heterocycles. The summed E-state index contributed by atoms with van der Waals surface area (Å²) in [6.45, 7) is 0. The molecule has 3 rings (SSSR count). The summed E-state index contributed by atoms with van der Waals surface area (Å²) in [6.07, 6.45) is 2.81. The van der Waals surface area contributed by atoms with Gasteiger partial charge >= 0.3 is 0 Å². The van der Waals surface area contributed by atoms with E-state index in [4.69, 9.17) is 0 Å². The molecule has 1 unspecified atom stereocenters. The molecule has 0 aromatic heterocycles. The number of fused-ring (bicyclic) bond motifs is 1. The van der Waals surface area contributed by atoms with E-state index in [2.05, 4.69) is 39.6 Å². The highest BCUT2D eigenvalue weighted by atomic mass is 79.9. The lowest BCUT2D eigenvalue weighted by Crippen LogP contribution is -2.34. The molecule has 0 heterocycles. The summed E-state index contributed by atoms with van der Waals surface area (Å²) in [5, 5.41) is 0. The van der Waals surface area contributed by atoms with Crippen LogP contribution in [0.4, 0.5) is 5.69 Å². The second-order valence-corrected chi connectivity index (χ2v) is 8.87. The standard InChI is InChI=1S/C18H21BrN2O2S/c1-21(2)13-8-9-15-16(12-13)17(19)10-11-18(15)20-24(22,23)14-6-4-3-5-7-14/h3-7,10-11,13,20H,8-9,12H2,1-2H3. The first-order valence-electron chi connectivity index (χ1n) is 7.93. The Bertz CT molecular complexity index is 836. The van der Waals surface area contributed by atoms with Gasteiger partial charge in [0.2, 0.25) is 0 Å². The zero-order valence-electron chi connectivity index (χ0n) is 13.8. The molecule has 2 aromatic rings. The second-order valence-electron chi connectivity index (χ2n) is 6.33. The van der Waals surface area contributed by atoms with Crippen LogP contribution in [0.5, 0.6) is 0 Å². The molecule has 4 nitrogen and oxygen atoms in total. The molecule has 0 spiro atoms. The number of sulfonamides is 1. The predicted octanol–water partition coefficient (Wildman–Crippen LogP) is 3.67. The van der Waals surface area contributed by atoms with Gasteiger partial charge in [0.25, 0.3) is 10.0 Å². The number of nitrogens with zero attached hydrogens (tertiary/aromatic N) is 1. The molecular weight excluding hydrogens is 388 g/mol. The van der Waals surface area contributed by atoms with Gasteiger partial charge in [0.15, 0.2) is 0 Å². The molecule has 0 fully saturated rings. The van der Waals surface area contributed by atoms with Gasteiger partial charge in [-0.3, -0.25) is 4.72 Å². The fraction of sp³-hybridized carbons (Fsp3) is 0.333. The lowest BCUT2D eigenvalue weighted by Gasteiger charge is -2.31. The summed E-state index contributed by atoms with van der Waals surface area (Å²) in [5.41, 5.74) is 2.99. The number of nitrogens with one attached hydrogen (secondary N) is 1. The van der Waals surface area contributed by atoms with E-state index in [1.54, 1.807) is 24.3 Å². The molecule has 6 heteroatoms. The summed E-state index contributed by atoms with van der Waals surface area (Å²) < 4.78 is 29.0. The van der Waals surface area contributed by atoms with Crippen LogP contribution >= 0.6 is 15.9 Å². The zero-order chi connectivity index (χ0) is 17.3. The maximum Gasteiger partial charge on any atom is 0.261 e. The van der Waals surface area contributed by atoms with Crippen LogP contribution in [-0.4, -0.2) is 33.5 Å². The molecule has 128 valence electrons. The van der Waals surface area contributed by atoms with E-state index < -0.39 is 10.0 Å². The van der Waals surface area contributed by atoms with Crippen molar-refractivity contribution in [3.8, 4) is 0 Å². The van der Waals surface area contributed by atoms with Gasteiger partial charge < -0.3 is 4.90 Å². The Labute approximate surface area is 152 Å². The Morgan fingerprint density at radius 3 is 2.46 bits per heavy atom. The van der Waals surface area contributed by atoms with Gasteiger partial charge in [-0.05, 0) is 68.8 Å². The van der Waals surface area contributed by atoms with Gasteiger partial charge in [0.05, 0.1) is 10.6 Å². The average molecular weight is 409 g/mol. The third-order valence-electron chi connectivity index (χ3n) is 4.57. The van der Waals surface area contributed by atoms with Gasteiger partial charge in [-0.25, -0.2) is 8.42 Å². The number of hydrogen-bond donors (Lipinski definition) is 1. The molecule has 0 radical (unpaired) electrons. The highest BCUT2D eigenvalue weighted by Crippen LogP contribution is 2.35. The summed E-state index contributed by atoms with van der Waals surface area (Å²) in [4.78, 5) is 2.51. The second kappa shape index (κ2) is 6.86. The van der Waals surface area contributed by atoms with E-state index in [1.165, 1.54) is 5.56 Å². The fourth-order valence-electron chi connectivity index (χ4n) is 3.16. The first kappa shape index (κ1) is 17.5. The van der Waals surface area contributed by atoms with Crippen molar-refractivity contribution >= 4 is 31.6 Å². The van der Waals surface area contributed by atoms with Crippen LogP contribution in [0, 0.1) is 0 Å². The molecule has 1 aliphatic rings. The Hall–Kier alpha value is -1.37. The monoisotopic (exact) mass is 408 g/mol. The van der Waals surface area contributed by atoms with Crippen molar-refractivity contribution in [2.75, 3.05) is 18.8 Å². The van der Waals surface area contributed by atoms with Crippen LogP contribution in [0.3, 0.4) is 0 Å². The number of halogens is 1. The molecule has 0 saturated carbocycles. The molecule has 0 amide bonds. The van der Waals surface area contributed by atoms with Crippen LogP contribution in [0.15, 0.2) is 51.8 Å². The van der Waals surface area contributed by atoms with Crippen molar-refractivity contribution in [1.29, 1.82) is 0 Å². The average Bonchev–Trinajstić information content (AvgIpc) is 2.58. The highest BCUT2D eigenvalue weighted by Gasteiger charge is 2.25. The Kier molecular flexibility index (Phi) is 4.99. The first-order chi connectivity index (χ1) is 11.4. The number of anilines is 1. The zero-order valence-corrected chi connectivity index (χ0v) is 16.2. The quantitative estimate of drug-likeness (QED) is 0.839. The minimum atomic E-state index is -3.57. The minimum Gasteiger partial charge on any atom is -0.306 e. The lowest BCUT2D eigenvalue weighted by molar-refractivity contribution is 0.268. The lowest BCUT2D eigenvalue weighted by atomic mass is 9.87. The molecule has 0 bridgehead atoms. The molecular formula is C18H21BrN2O2S. The van der Waals surface area contributed by atoms with E-state index in [0.29, 0.717) is 11.7 Å². The molecule has 0 aliphatic heterocycles. The van der Waals surface area contributed by atoms with E-state index in [9.17, 15) is 8.42 Å². The van der Waals surface area contributed by atoms with Crippen LogP contribution < -0.4 is 4.72 Å². The topological polar surface area (TPSA) is 49.4 Å². The van der Waals surface area contributed by atoms with E-state index >= 15 is 0 Å². The van der Waals surface area contributed by atoms with Gasteiger partial charge in [0, 0.05) is 10.5 Å². The Morgan fingerprint density at radius 2 is 1.79 bits per heavy atom. The van der Waals surface area contributed by atoms with Crippen molar-refractivity contribution < 1.29 is 8.42 Å². The number of rotatable bonds is 4. The number of hydrogen-bond acceptors (Lipinski definition) is 3. The molecule has 1 atom stereocenters. The molecule has 1 aliphatic carbocycles. The van der Waals surface area contributed by atoms with E-state index in [0.717, 1.165) is 29.3 Å². The van der Waals surface area contributed by atoms with Gasteiger partial charge in [-0.2, -0.15) is 0 Å². The molecule has 24 heavy (non-hydrogen) atoms. The predicted molar refractivity (Wildman–Crippen MR) is 101 cm³/mol. The fourth-order valence-corrected chi connectivity index (χ4v) is 4.81. The van der Waals surface area contributed by atoms with Crippen molar-refractivity contribution in [2.45, 2.75) is 30.2 Å². The van der Waals surface area contributed by atoms with Crippen molar-refractivity contribution in [3.05, 3.63) is 58.1 Å². The molecule has 2 aromatic carbocycles. The minimum absolute atomic E-state index is 0.281. The number of likely N-dealkylation sites (N-methyl/N-ethyl adjacent to an activating group) is 1. The first-order valence-corrected chi connectivity index (χ1v) is 10.2. The van der Waals surface area contributed by atoms with Crippen LogP contribution in [0.25, 0.3) is 0 Å². The van der Waals surface area contributed by atoms with E-state index in [-0.39, 0.29) is 4.90 Å². The third-order valence-corrected chi connectivity index (χ3v) is 6.69. The molecule has 1 N–H and O–H groups in total. The largest absolute Gasteiger partial charge is 0.306 e. The SMILES string of the molecule is CN(C)C1CCc2c(NS(=O)(=O)c3ccccc3)ccc(Br)c2C1. The Morgan fingerprint density at radius 1 is 1.08 bits per heavy atom. The summed E-state index contributed by atoms with van der Waals surface area (Å²) in [6, 6.07) is 12.7. The van der Waals surface area contributed by atoms with Gasteiger partial charge in [0.1, 0.15) is 0 Å². The maximum atomic E-state index is 12.6. The van der Waals surface area contributed by atoms with Crippen molar-refractivity contribution in [3.63, 3.8) is 0 Å². The number of benzene rings is 2. The third kappa shape index (κ3) is 3.50. The normalized spacial score (nSPS) is 17.6. The smallest absolute Gasteiger partial charge is 0.261 e.